The standard InChI is InChI=1S/C48H38BN3S/c1-48(2,3)33-27-29-37(30-28-33)52-43-32-38(50(34-17-7-4-8-18-34)35-19-9-5-10-20-35)31-42-46(43)49(45-39-23-13-16-26-44(39)53-47(45)52)40-24-14-15-25-41(40)51(42)36-21-11-6-12-22-36/h4-32H,1-3H3. The predicted molar refractivity (Wildman–Crippen MR) is 229 cm³/mol. The fourth-order valence-corrected chi connectivity index (χ4v) is 9.63. The lowest BCUT2D eigenvalue weighted by molar-refractivity contribution is 0.590. The molecule has 0 saturated carbocycles. The summed E-state index contributed by atoms with van der Waals surface area (Å²) in [7, 11) is 0. The fourth-order valence-electron chi connectivity index (χ4n) is 8.35. The Morgan fingerprint density at radius 1 is 0.491 bits per heavy atom. The summed E-state index contributed by atoms with van der Waals surface area (Å²) in [5.41, 5.74) is 14.7. The van der Waals surface area contributed by atoms with E-state index in [1.165, 1.54) is 59.8 Å². The van der Waals surface area contributed by atoms with Crippen LogP contribution in [0.2, 0.25) is 0 Å². The van der Waals surface area contributed by atoms with Crippen molar-refractivity contribution in [2.24, 2.45) is 0 Å². The first-order valence-corrected chi connectivity index (χ1v) is 19.2. The molecule has 0 N–H and O–H groups in total. The largest absolute Gasteiger partial charge is 0.311 e. The fraction of sp³-hybridized carbons (Fsp3) is 0.0833. The molecule has 2 aliphatic heterocycles. The molecule has 0 saturated heterocycles. The highest BCUT2D eigenvalue weighted by Crippen LogP contribution is 2.50. The van der Waals surface area contributed by atoms with Gasteiger partial charge >= 0.3 is 0 Å². The van der Waals surface area contributed by atoms with Gasteiger partial charge in [-0.2, -0.15) is 0 Å². The first-order valence-electron chi connectivity index (χ1n) is 18.4. The van der Waals surface area contributed by atoms with E-state index in [1.807, 2.05) is 11.3 Å². The lowest BCUT2D eigenvalue weighted by Gasteiger charge is -2.44. The van der Waals surface area contributed by atoms with Gasteiger partial charge < -0.3 is 14.7 Å². The Kier molecular flexibility index (Phi) is 7.35. The first-order chi connectivity index (χ1) is 26.0. The molecular weight excluding hydrogens is 661 g/mol. The van der Waals surface area contributed by atoms with Crippen molar-refractivity contribution in [1.29, 1.82) is 0 Å². The highest BCUT2D eigenvalue weighted by atomic mass is 32.1. The summed E-state index contributed by atoms with van der Waals surface area (Å²) in [6, 6.07) is 64.6. The SMILES string of the molecule is CC(C)(C)c1ccc(N2c3cc(N(c4ccccc4)c4ccccc4)cc4c3B(c3ccccc3N4c3ccccc3)c3c2sc2ccccc32)cc1. The van der Waals surface area contributed by atoms with Gasteiger partial charge in [-0.3, -0.25) is 0 Å². The molecule has 10 rings (SSSR count). The lowest BCUT2D eigenvalue weighted by Crippen LogP contribution is -2.61. The van der Waals surface area contributed by atoms with Crippen LogP contribution in [0.5, 0.6) is 0 Å². The zero-order valence-electron chi connectivity index (χ0n) is 30.1. The Morgan fingerprint density at radius 3 is 1.70 bits per heavy atom. The summed E-state index contributed by atoms with van der Waals surface area (Å²) in [6.45, 7) is 6.92. The Labute approximate surface area is 316 Å². The number of hydrogen-bond acceptors (Lipinski definition) is 4. The van der Waals surface area contributed by atoms with Gasteiger partial charge in [-0.05, 0) is 106 Å². The maximum Gasteiger partial charge on any atom is 0.254 e. The number of para-hydroxylation sites is 4. The molecule has 5 heteroatoms. The lowest BCUT2D eigenvalue weighted by atomic mass is 9.33. The van der Waals surface area contributed by atoms with Crippen molar-refractivity contribution in [2.45, 2.75) is 26.2 Å². The molecule has 7 aromatic carbocycles. The van der Waals surface area contributed by atoms with Crippen LogP contribution in [0.1, 0.15) is 26.3 Å². The van der Waals surface area contributed by atoms with Crippen LogP contribution in [0.4, 0.5) is 50.5 Å². The second-order valence-electron chi connectivity index (χ2n) is 15.0. The van der Waals surface area contributed by atoms with E-state index >= 15 is 0 Å². The van der Waals surface area contributed by atoms with Crippen LogP contribution in [0, 0.1) is 0 Å². The number of nitrogens with zero attached hydrogens (tertiary/aromatic N) is 3. The summed E-state index contributed by atoms with van der Waals surface area (Å²) < 4.78 is 1.31. The van der Waals surface area contributed by atoms with E-state index in [0.717, 1.165) is 22.7 Å². The molecule has 2 aliphatic rings. The number of hydrogen-bond donors (Lipinski definition) is 0. The monoisotopic (exact) mass is 699 g/mol. The molecule has 3 nitrogen and oxygen atoms in total. The van der Waals surface area contributed by atoms with E-state index in [0.29, 0.717) is 0 Å². The number of thiophene rings is 1. The third kappa shape index (κ3) is 5.10. The van der Waals surface area contributed by atoms with Crippen molar-refractivity contribution in [1.82, 2.24) is 0 Å². The van der Waals surface area contributed by atoms with Crippen LogP contribution in [0.15, 0.2) is 176 Å². The quantitative estimate of drug-likeness (QED) is 0.166. The molecule has 0 radical (unpaired) electrons. The van der Waals surface area contributed by atoms with Crippen LogP contribution >= 0.6 is 11.3 Å². The molecule has 0 spiro atoms. The van der Waals surface area contributed by atoms with Crippen LogP contribution in [-0.2, 0) is 5.41 Å². The number of benzene rings is 7. The summed E-state index contributed by atoms with van der Waals surface area (Å²) in [5.74, 6) is 0. The topological polar surface area (TPSA) is 9.72 Å². The number of fused-ring (bicyclic) bond motifs is 6. The smallest absolute Gasteiger partial charge is 0.254 e. The van der Waals surface area contributed by atoms with Crippen molar-refractivity contribution in [3.8, 4) is 0 Å². The molecule has 254 valence electrons. The highest BCUT2D eigenvalue weighted by molar-refractivity contribution is 7.26. The van der Waals surface area contributed by atoms with Gasteiger partial charge in [0.15, 0.2) is 0 Å². The van der Waals surface area contributed by atoms with Gasteiger partial charge in [0.2, 0.25) is 0 Å². The normalized spacial score (nSPS) is 13.1. The molecule has 3 heterocycles. The van der Waals surface area contributed by atoms with Crippen LogP contribution < -0.4 is 31.1 Å². The first kappa shape index (κ1) is 31.7. The highest BCUT2D eigenvalue weighted by Gasteiger charge is 2.45. The minimum atomic E-state index is 0.0547. The Balaban J connectivity index is 1.34. The van der Waals surface area contributed by atoms with Crippen LogP contribution in [-0.4, -0.2) is 6.71 Å². The minimum Gasteiger partial charge on any atom is -0.311 e. The second kappa shape index (κ2) is 12.3. The van der Waals surface area contributed by atoms with Gasteiger partial charge in [-0.15, -0.1) is 11.3 Å². The summed E-state index contributed by atoms with van der Waals surface area (Å²) >= 11 is 1.90. The number of anilines is 9. The zero-order chi connectivity index (χ0) is 35.7. The maximum absolute atomic E-state index is 2.55. The van der Waals surface area contributed by atoms with Crippen molar-refractivity contribution >= 4 is 95.0 Å². The van der Waals surface area contributed by atoms with Crippen molar-refractivity contribution < 1.29 is 0 Å². The van der Waals surface area contributed by atoms with E-state index in [9.17, 15) is 0 Å². The third-order valence-corrected chi connectivity index (χ3v) is 12.0. The van der Waals surface area contributed by atoms with E-state index in [2.05, 4.69) is 211 Å². The molecule has 0 atom stereocenters. The van der Waals surface area contributed by atoms with Gasteiger partial charge in [0.25, 0.3) is 6.71 Å². The Hall–Kier alpha value is -6.04. The molecule has 53 heavy (non-hydrogen) atoms. The molecule has 0 amide bonds. The summed E-state index contributed by atoms with van der Waals surface area (Å²) in [4.78, 5) is 7.44. The molecular formula is C48H38BN3S. The summed E-state index contributed by atoms with van der Waals surface area (Å²) in [5, 5.41) is 2.61. The molecule has 0 bridgehead atoms. The molecule has 0 fully saturated rings. The second-order valence-corrected chi connectivity index (χ2v) is 16.0. The maximum atomic E-state index is 2.55. The zero-order valence-corrected chi connectivity index (χ0v) is 30.9. The number of rotatable bonds is 5. The Bertz CT molecular complexity index is 2570. The summed E-state index contributed by atoms with van der Waals surface area (Å²) in [6.07, 6.45) is 0. The van der Waals surface area contributed by atoms with Crippen molar-refractivity contribution in [2.75, 3.05) is 14.7 Å². The molecule has 0 aliphatic carbocycles. The predicted octanol–water partition coefficient (Wildman–Crippen LogP) is 11.8. The van der Waals surface area contributed by atoms with Gasteiger partial charge in [0, 0.05) is 44.5 Å². The van der Waals surface area contributed by atoms with Crippen LogP contribution in [0.3, 0.4) is 0 Å². The van der Waals surface area contributed by atoms with Crippen molar-refractivity contribution in [3.63, 3.8) is 0 Å². The van der Waals surface area contributed by atoms with Gasteiger partial charge in [0.1, 0.15) is 0 Å². The van der Waals surface area contributed by atoms with Gasteiger partial charge in [0.05, 0.1) is 10.7 Å². The molecule has 8 aromatic rings. The van der Waals surface area contributed by atoms with E-state index in [4.69, 9.17) is 0 Å². The average molecular weight is 700 g/mol. The molecule has 1 aromatic heterocycles. The molecule has 0 unspecified atom stereocenters. The Morgan fingerprint density at radius 2 is 1.04 bits per heavy atom. The van der Waals surface area contributed by atoms with Crippen molar-refractivity contribution in [3.05, 3.63) is 181 Å². The average Bonchev–Trinajstić information content (AvgIpc) is 3.58. The minimum absolute atomic E-state index is 0.0547. The van der Waals surface area contributed by atoms with E-state index < -0.39 is 0 Å². The van der Waals surface area contributed by atoms with Crippen LogP contribution in [0.25, 0.3) is 10.1 Å². The third-order valence-electron chi connectivity index (χ3n) is 10.8. The van der Waals surface area contributed by atoms with E-state index in [1.54, 1.807) is 0 Å². The van der Waals surface area contributed by atoms with Gasteiger partial charge in [-0.25, -0.2) is 0 Å². The van der Waals surface area contributed by atoms with E-state index in [-0.39, 0.29) is 12.1 Å². The van der Waals surface area contributed by atoms with Gasteiger partial charge in [-0.1, -0.05) is 124 Å².